The van der Waals surface area contributed by atoms with Crippen molar-refractivity contribution >= 4 is 34.1 Å². The van der Waals surface area contributed by atoms with Crippen molar-refractivity contribution in [1.29, 1.82) is 0 Å². The summed E-state index contributed by atoms with van der Waals surface area (Å²) < 4.78 is 0. The Hall–Kier alpha value is -11.3. The zero-order valence-electron chi connectivity index (χ0n) is 48.5. The number of anilines is 6. The van der Waals surface area contributed by atoms with Crippen molar-refractivity contribution < 1.29 is 0 Å². The van der Waals surface area contributed by atoms with Crippen LogP contribution in [-0.2, 0) is 10.8 Å². The molecule has 2 unspecified atom stereocenters. The summed E-state index contributed by atoms with van der Waals surface area (Å²) in [4.78, 5) is 4.96. The molecular weight excluding hydrogens is 1060 g/mol. The largest absolute Gasteiger partial charge is 0.310 e. The summed E-state index contributed by atoms with van der Waals surface area (Å²) in [5.74, 6) is 0. The van der Waals surface area contributed by atoms with Crippen molar-refractivity contribution in [2.24, 2.45) is 0 Å². The maximum Gasteiger partial charge on any atom is 0.0642 e. The van der Waals surface area contributed by atoms with Crippen molar-refractivity contribution in [3.05, 3.63) is 397 Å². The number of rotatable bonds is 13. The molecule has 0 aromatic heterocycles. The van der Waals surface area contributed by atoms with E-state index in [4.69, 9.17) is 0 Å². The number of benzene rings is 14. The van der Waals surface area contributed by atoms with E-state index in [2.05, 4.69) is 374 Å². The predicted molar refractivity (Wildman–Crippen MR) is 368 cm³/mol. The minimum atomic E-state index is -0.883. The second-order valence-electron chi connectivity index (χ2n) is 23.1. The number of fused-ring (bicyclic) bond motifs is 6. The molecule has 2 atom stereocenters. The van der Waals surface area contributed by atoms with Gasteiger partial charge >= 0.3 is 0 Å². The third kappa shape index (κ3) is 8.56. The van der Waals surface area contributed by atoms with Gasteiger partial charge in [-0.1, -0.05) is 291 Å². The molecule has 14 aromatic carbocycles. The highest BCUT2D eigenvalue weighted by Crippen LogP contribution is 2.70. The van der Waals surface area contributed by atoms with E-state index in [1.807, 2.05) is 0 Å². The van der Waals surface area contributed by atoms with Crippen LogP contribution in [0, 0.1) is 0 Å². The van der Waals surface area contributed by atoms with Gasteiger partial charge in [0.15, 0.2) is 0 Å². The molecule has 0 saturated heterocycles. The molecule has 0 N–H and O–H groups in total. The molecule has 0 fully saturated rings. The highest BCUT2D eigenvalue weighted by molar-refractivity contribution is 5.96. The Bertz CT molecular complexity index is 4370. The van der Waals surface area contributed by atoms with Crippen LogP contribution in [0.25, 0.3) is 66.8 Å². The van der Waals surface area contributed by atoms with Gasteiger partial charge in [-0.25, -0.2) is 0 Å². The van der Waals surface area contributed by atoms with Crippen LogP contribution in [0.1, 0.15) is 33.4 Å². The minimum absolute atomic E-state index is 0.883. The lowest BCUT2D eigenvalue weighted by Crippen LogP contribution is -2.50. The van der Waals surface area contributed by atoms with Crippen LogP contribution >= 0.6 is 0 Å². The van der Waals surface area contributed by atoms with Gasteiger partial charge in [0.25, 0.3) is 0 Å². The number of hydrogen-bond acceptors (Lipinski definition) is 2. The zero-order chi connectivity index (χ0) is 58.4. The van der Waals surface area contributed by atoms with Gasteiger partial charge in [-0.2, -0.15) is 0 Å². The topological polar surface area (TPSA) is 6.48 Å². The first-order valence-electron chi connectivity index (χ1n) is 30.5. The average Bonchev–Trinajstić information content (AvgIpc) is 1.46. The summed E-state index contributed by atoms with van der Waals surface area (Å²) >= 11 is 0. The van der Waals surface area contributed by atoms with E-state index < -0.39 is 10.8 Å². The van der Waals surface area contributed by atoms with Gasteiger partial charge < -0.3 is 9.80 Å². The first kappa shape index (κ1) is 52.3. The standard InChI is InChI=1S/C86H60N2/c1-7-27-61(28-8-1)65-35-23-43-71(55-65)87(72-44-24-36-66(56-72)62-29-9-2-10-30-62)75-51-53-79-77-47-19-21-49-81(77)85(83(79)59-75,69-39-15-5-16-40-69)86(70-41-17-6-18-42-70)82-50-22-20-48-78(82)80-54-52-76(60-84(80)86)88(73-45-25-37-67(57-73)63-31-11-3-12-32-63)74-46-26-38-68(58-74)64-33-13-4-14-34-64/h1-60H. The summed E-state index contributed by atoms with van der Waals surface area (Å²) in [7, 11) is 0. The van der Waals surface area contributed by atoms with Crippen molar-refractivity contribution in [3.63, 3.8) is 0 Å². The van der Waals surface area contributed by atoms with Crippen molar-refractivity contribution in [3.8, 4) is 66.8 Å². The molecule has 2 heteroatoms. The average molecular weight is 1120 g/mol. The Morgan fingerprint density at radius 1 is 0.159 bits per heavy atom. The van der Waals surface area contributed by atoms with Crippen molar-refractivity contribution in [2.75, 3.05) is 9.80 Å². The van der Waals surface area contributed by atoms with E-state index in [1.165, 1.54) is 77.9 Å². The van der Waals surface area contributed by atoms with Gasteiger partial charge in [0, 0.05) is 34.1 Å². The molecule has 2 aliphatic rings. The van der Waals surface area contributed by atoms with Crippen LogP contribution in [0.2, 0.25) is 0 Å². The predicted octanol–water partition coefficient (Wildman–Crippen LogP) is 22.6. The quantitative estimate of drug-likeness (QED) is 0.114. The maximum atomic E-state index is 2.55. The summed E-state index contributed by atoms with van der Waals surface area (Å²) in [5, 5.41) is 0. The van der Waals surface area contributed by atoms with Gasteiger partial charge in [0.2, 0.25) is 0 Å². The Kier molecular flexibility index (Phi) is 13.0. The van der Waals surface area contributed by atoms with E-state index in [9.17, 15) is 0 Å². The fraction of sp³-hybridized carbons (Fsp3) is 0.0233. The molecule has 0 saturated carbocycles. The molecule has 14 aromatic rings. The summed E-state index contributed by atoms with van der Waals surface area (Å²) in [6.07, 6.45) is 0. The maximum absolute atomic E-state index is 2.55. The van der Waals surface area contributed by atoms with Crippen LogP contribution in [0.3, 0.4) is 0 Å². The Morgan fingerprint density at radius 2 is 0.398 bits per heavy atom. The summed E-state index contributed by atoms with van der Waals surface area (Å²) in [6, 6.07) is 135. The van der Waals surface area contributed by atoms with Gasteiger partial charge in [-0.05, 0) is 173 Å². The van der Waals surface area contributed by atoms with Crippen LogP contribution in [-0.4, -0.2) is 0 Å². The third-order valence-electron chi connectivity index (χ3n) is 18.4. The van der Waals surface area contributed by atoms with E-state index in [0.717, 1.165) is 56.4 Å². The smallest absolute Gasteiger partial charge is 0.0642 e. The normalized spacial score (nSPS) is 15.1. The molecule has 2 nitrogen and oxygen atoms in total. The summed E-state index contributed by atoms with van der Waals surface area (Å²) in [6.45, 7) is 0. The van der Waals surface area contributed by atoms with Gasteiger partial charge in [0.1, 0.15) is 0 Å². The highest BCUT2D eigenvalue weighted by Gasteiger charge is 2.64. The first-order chi connectivity index (χ1) is 43.6. The molecule has 0 bridgehead atoms. The van der Waals surface area contributed by atoms with E-state index in [0.29, 0.717) is 0 Å². The molecule has 16 rings (SSSR count). The lowest BCUT2D eigenvalue weighted by molar-refractivity contribution is 0.437. The molecule has 0 radical (unpaired) electrons. The lowest BCUT2D eigenvalue weighted by Gasteiger charge is -2.51. The number of nitrogens with zero attached hydrogens (tertiary/aromatic N) is 2. The third-order valence-corrected chi connectivity index (χ3v) is 18.4. The second-order valence-corrected chi connectivity index (χ2v) is 23.1. The van der Waals surface area contributed by atoms with E-state index in [1.54, 1.807) is 0 Å². The molecule has 414 valence electrons. The minimum Gasteiger partial charge on any atom is -0.310 e. The van der Waals surface area contributed by atoms with Crippen LogP contribution in [0.15, 0.2) is 364 Å². The van der Waals surface area contributed by atoms with Crippen molar-refractivity contribution in [2.45, 2.75) is 10.8 Å². The fourth-order valence-corrected chi connectivity index (χ4v) is 14.8. The van der Waals surface area contributed by atoms with Crippen molar-refractivity contribution in [1.82, 2.24) is 0 Å². The fourth-order valence-electron chi connectivity index (χ4n) is 14.8. The van der Waals surface area contributed by atoms with Crippen LogP contribution in [0.5, 0.6) is 0 Å². The second kappa shape index (κ2) is 21.9. The molecule has 88 heavy (non-hydrogen) atoms. The van der Waals surface area contributed by atoms with Gasteiger partial charge in [-0.3, -0.25) is 0 Å². The Morgan fingerprint density at radius 3 is 0.705 bits per heavy atom. The molecular formula is C86H60N2. The van der Waals surface area contributed by atoms with Gasteiger partial charge in [0.05, 0.1) is 10.8 Å². The van der Waals surface area contributed by atoms with Crippen LogP contribution in [0.4, 0.5) is 34.1 Å². The number of hydrogen-bond donors (Lipinski definition) is 0. The highest BCUT2D eigenvalue weighted by atomic mass is 15.1. The lowest BCUT2D eigenvalue weighted by atomic mass is 9.49. The van der Waals surface area contributed by atoms with Gasteiger partial charge in [-0.15, -0.1) is 0 Å². The Labute approximate surface area is 515 Å². The van der Waals surface area contributed by atoms with Crippen LogP contribution < -0.4 is 9.80 Å². The molecule has 2 aliphatic carbocycles. The molecule has 0 spiro atoms. The molecule has 0 aliphatic heterocycles. The Balaban J connectivity index is 0.998. The van der Waals surface area contributed by atoms with E-state index in [-0.39, 0.29) is 0 Å². The SMILES string of the molecule is c1ccc(-c2cccc(N(c3cccc(-c4ccccc4)c3)c3ccc4c(c3)C(c3ccccc3)(C3(c5ccccc5)c5ccccc5-c5ccc(N(c6cccc(-c7ccccc7)c6)c6cccc(-c7ccccc7)c6)cc53)c3ccccc3-4)c2)cc1. The monoisotopic (exact) mass is 1120 g/mol. The molecule has 0 heterocycles. The zero-order valence-corrected chi connectivity index (χ0v) is 48.5. The first-order valence-corrected chi connectivity index (χ1v) is 30.5. The summed E-state index contributed by atoms with van der Waals surface area (Å²) in [5.41, 5.74) is 26.2. The molecule has 0 amide bonds. The van der Waals surface area contributed by atoms with E-state index >= 15 is 0 Å².